The van der Waals surface area contributed by atoms with Gasteiger partial charge < -0.3 is 10.1 Å². The number of nitrogens with zero attached hydrogens (tertiary/aromatic N) is 3. The second kappa shape index (κ2) is 12.1. The average molecular weight is 587 g/mol. The van der Waals surface area contributed by atoms with E-state index in [2.05, 4.69) is 20.1 Å². The maximum Gasteiger partial charge on any atom is 0.389 e. The number of carbonyl (C=O) groups is 1. The van der Waals surface area contributed by atoms with Crippen molar-refractivity contribution < 1.29 is 39.9 Å². The molecule has 2 aromatic rings. The summed E-state index contributed by atoms with van der Waals surface area (Å²) < 4.78 is 93.4. The number of amides is 1. The first-order valence-corrected chi connectivity index (χ1v) is 14.3. The van der Waals surface area contributed by atoms with Crippen LogP contribution in [-0.2, 0) is 22.8 Å². The molecule has 2 heterocycles. The number of hydrogen-bond donors (Lipinski definition) is 1. The Morgan fingerprint density at radius 3 is 2.47 bits per heavy atom. The Morgan fingerprint density at radius 2 is 1.92 bits per heavy atom. The highest BCUT2D eigenvalue weighted by Gasteiger charge is 2.30. The third kappa shape index (κ3) is 7.78. The molecule has 0 aromatic carbocycles. The van der Waals surface area contributed by atoms with Crippen LogP contribution in [0.15, 0.2) is 12.3 Å². The highest BCUT2D eigenvalue weighted by Crippen LogP contribution is 2.38. The molecule has 0 aliphatic heterocycles. The van der Waals surface area contributed by atoms with Gasteiger partial charge >= 0.3 is 12.8 Å². The number of aryl methyl sites for hydroxylation is 2. The first-order valence-electron chi connectivity index (χ1n) is 11.9. The van der Waals surface area contributed by atoms with Crippen molar-refractivity contribution in [3.05, 3.63) is 28.7 Å². The molecule has 0 atom stereocenters. The van der Waals surface area contributed by atoms with Crippen LogP contribution in [-0.4, -0.2) is 59.9 Å². The summed E-state index contributed by atoms with van der Waals surface area (Å²) in [6.07, 6.45) is -1.63. The van der Waals surface area contributed by atoms with Crippen molar-refractivity contribution in [3.63, 3.8) is 0 Å². The van der Waals surface area contributed by atoms with E-state index in [9.17, 15) is 35.2 Å². The molecule has 8 nitrogen and oxygen atoms in total. The molecule has 1 aliphatic rings. The molecule has 2 aromatic heterocycles. The lowest BCUT2D eigenvalue weighted by Crippen LogP contribution is -2.34. The molecule has 0 spiro atoms. The summed E-state index contributed by atoms with van der Waals surface area (Å²) in [5.74, 6) is -0.985. The fourth-order valence-electron chi connectivity index (χ4n) is 4.41. The van der Waals surface area contributed by atoms with Crippen LogP contribution < -0.4 is 10.1 Å². The molecule has 1 saturated carbocycles. The molecule has 3 rings (SSSR count). The number of ether oxygens (including phenoxy) is 1. The van der Waals surface area contributed by atoms with Crippen molar-refractivity contribution in [2.45, 2.75) is 70.0 Å². The van der Waals surface area contributed by atoms with Gasteiger partial charge in [-0.3, -0.25) is 14.5 Å². The first-order chi connectivity index (χ1) is 17.7. The van der Waals surface area contributed by atoms with Gasteiger partial charge in [-0.05, 0) is 44.9 Å². The number of rotatable bonds is 10. The van der Waals surface area contributed by atoms with E-state index in [4.69, 9.17) is 11.6 Å². The van der Waals surface area contributed by atoms with Crippen LogP contribution in [0.1, 0.15) is 55.2 Å². The van der Waals surface area contributed by atoms with Crippen LogP contribution in [0.4, 0.5) is 22.0 Å². The fraction of sp³-hybridized carbons (Fsp3) is 0.609. The van der Waals surface area contributed by atoms with E-state index in [0.717, 1.165) is 12.3 Å². The van der Waals surface area contributed by atoms with E-state index in [1.165, 1.54) is 10.9 Å². The van der Waals surface area contributed by atoms with Gasteiger partial charge in [0.2, 0.25) is 0 Å². The largest absolute Gasteiger partial charge is 0.434 e. The van der Waals surface area contributed by atoms with Crippen molar-refractivity contribution in [2.75, 3.05) is 12.8 Å². The second-order valence-electron chi connectivity index (χ2n) is 9.17. The normalized spacial score (nSPS) is 18.6. The van der Waals surface area contributed by atoms with E-state index in [1.807, 2.05) is 0 Å². The Morgan fingerprint density at radius 1 is 1.26 bits per heavy atom. The number of pyridine rings is 1. The van der Waals surface area contributed by atoms with Crippen LogP contribution in [0.2, 0.25) is 5.02 Å². The Bertz CT molecular complexity index is 1250. The minimum absolute atomic E-state index is 0.0542. The molecule has 0 bridgehead atoms. The lowest BCUT2D eigenvalue weighted by Gasteiger charge is -2.27. The zero-order valence-corrected chi connectivity index (χ0v) is 22.3. The monoisotopic (exact) mass is 586 g/mol. The molecule has 212 valence electrons. The van der Waals surface area contributed by atoms with Gasteiger partial charge in [-0.2, -0.15) is 27.1 Å². The molecule has 38 heavy (non-hydrogen) atoms. The molecule has 1 N–H and O–H groups in total. The molecule has 1 amide bonds. The smallest absolute Gasteiger partial charge is 0.389 e. The number of hydrogen-bond acceptors (Lipinski definition) is 6. The SMILES string of the molecule is CCn1nc(C(=O)NCC2CCC(S(C)(=O)=O)CC2)c(Cl)c1-c1cnc(CCC(F)(F)F)cc1OC(F)F. The minimum atomic E-state index is -4.45. The maximum absolute atomic E-state index is 13.1. The summed E-state index contributed by atoms with van der Waals surface area (Å²) >= 11 is 6.47. The van der Waals surface area contributed by atoms with Gasteiger partial charge in [-0.25, -0.2) is 8.42 Å². The Hall–Kier alpha value is -2.48. The van der Waals surface area contributed by atoms with Gasteiger partial charge in [0.25, 0.3) is 5.91 Å². The van der Waals surface area contributed by atoms with Crippen LogP contribution in [0.25, 0.3) is 11.3 Å². The van der Waals surface area contributed by atoms with Crippen LogP contribution >= 0.6 is 11.6 Å². The summed E-state index contributed by atoms with van der Waals surface area (Å²) in [5, 5.41) is 6.40. The van der Waals surface area contributed by atoms with Crippen LogP contribution in [0, 0.1) is 5.92 Å². The molecular formula is C23H28ClF5N4O4S. The van der Waals surface area contributed by atoms with Crippen LogP contribution in [0.3, 0.4) is 0 Å². The number of sulfone groups is 1. The van der Waals surface area contributed by atoms with Gasteiger partial charge in [0.1, 0.15) is 15.6 Å². The predicted octanol–water partition coefficient (Wildman–Crippen LogP) is 5.05. The van der Waals surface area contributed by atoms with Crippen LogP contribution in [0.5, 0.6) is 5.75 Å². The van der Waals surface area contributed by atoms with Crippen molar-refractivity contribution >= 4 is 27.3 Å². The van der Waals surface area contributed by atoms with Gasteiger partial charge in [-0.1, -0.05) is 11.6 Å². The minimum Gasteiger partial charge on any atom is -0.434 e. The lowest BCUT2D eigenvalue weighted by molar-refractivity contribution is -0.134. The predicted molar refractivity (Wildman–Crippen MR) is 130 cm³/mol. The highest BCUT2D eigenvalue weighted by atomic mass is 35.5. The van der Waals surface area contributed by atoms with Gasteiger partial charge in [0.05, 0.1) is 21.5 Å². The summed E-state index contributed by atoms with van der Waals surface area (Å²) in [6.45, 7) is -1.14. The zero-order valence-electron chi connectivity index (χ0n) is 20.7. The van der Waals surface area contributed by atoms with E-state index >= 15 is 0 Å². The van der Waals surface area contributed by atoms with E-state index in [-0.39, 0.29) is 51.9 Å². The number of halogens is 6. The Balaban J connectivity index is 1.81. The van der Waals surface area contributed by atoms with Crippen molar-refractivity contribution in [1.82, 2.24) is 20.1 Å². The molecule has 0 saturated heterocycles. The summed E-state index contributed by atoms with van der Waals surface area (Å²) in [4.78, 5) is 16.8. The zero-order chi connectivity index (χ0) is 28.3. The Kier molecular flexibility index (Phi) is 9.61. The van der Waals surface area contributed by atoms with E-state index < -0.39 is 47.1 Å². The average Bonchev–Trinajstić information content (AvgIpc) is 3.16. The molecular weight excluding hydrogens is 559 g/mol. The second-order valence-corrected chi connectivity index (χ2v) is 11.9. The molecule has 0 radical (unpaired) electrons. The molecule has 15 heteroatoms. The van der Waals surface area contributed by atoms with Gasteiger partial charge in [0.15, 0.2) is 5.69 Å². The summed E-state index contributed by atoms with van der Waals surface area (Å²) in [6, 6.07) is 0.989. The van der Waals surface area contributed by atoms with Gasteiger partial charge in [-0.15, -0.1) is 0 Å². The Labute approximate surface area is 221 Å². The van der Waals surface area contributed by atoms with Crippen molar-refractivity contribution in [2.24, 2.45) is 5.92 Å². The van der Waals surface area contributed by atoms with E-state index in [1.54, 1.807) is 6.92 Å². The number of aromatic nitrogens is 3. The topological polar surface area (TPSA) is 103 Å². The number of alkyl halides is 5. The standard InChI is InChI=1S/C23H28ClF5N4O4S/c1-3-33-20(16-12-30-14(8-9-23(27,28)29)10-17(16)37-22(25)26)18(24)19(32-33)21(34)31-11-13-4-6-15(7-5-13)38(2,35)36/h10,12-13,15,22H,3-9,11H2,1-2H3,(H,31,34). The molecule has 0 unspecified atom stereocenters. The first kappa shape index (κ1) is 30.1. The van der Waals surface area contributed by atoms with Crippen molar-refractivity contribution in [3.8, 4) is 17.0 Å². The highest BCUT2D eigenvalue weighted by molar-refractivity contribution is 7.91. The van der Waals surface area contributed by atoms with Gasteiger partial charge in [0, 0.05) is 43.7 Å². The number of carbonyl (C=O) groups excluding carboxylic acids is 1. The summed E-state index contributed by atoms with van der Waals surface area (Å²) in [5.41, 5.74) is -0.279. The van der Waals surface area contributed by atoms with E-state index in [0.29, 0.717) is 25.7 Å². The maximum atomic E-state index is 13.1. The third-order valence-electron chi connectivity index (χ3n) is 6.42. The summed E-state index contributed by atoms with van der Waals surface area (Å²) in [7, 11) is -3.11. The molecule has 1 fully saturated rings. The fourth-order valence-corrected chi connectivity index (χ4v) is 5.86. The van der Waals surface area contributed by atoms with Crippen molar-refractivity contribution in [1.29, 1.82) is 0 Å². The quantitative estimate of drug-likeness (QED) is 0.391. The third-order valence-corrected chi connectivity index (χ3v) is 8.46. The molecule has 1 aliphatic carbocycles. The lowest BCUT2D eigenvalue weighted by atomic mass is 9.89. The number of nitrogens with one attached hydrogen (secondary N) is 1.